The van der Waals surface area contributed by atoms with Crippen LogP contribution in [0, 0.1) is 0 Å². The number of aromatic nitrogens is 4. The Balaban J connectivity index is 1.59. The lowest BCUT2D eigenvalue weighted by atomic mass is 10.1. The minimum Gasteiger partial charge on any atom is -0.335 e. The summed E-state index contributed by atoms with van der Waals surface area (Å²) in [5.41, 5.74) is 1.76. The van der Waals surface area contributed by atoms with Crippen molar-refractivity contribution in [2.24, 2.45) is 0 Å². The summed E-state index contributed by atoms with van der Waals surface area (Å²) in [6.07, 6.45) is 4.93. The number of likely N-dealkylation sites (N-methyl/N-ethyl adjacent to an activating group) is 1. The molecule has 0 saturated heterocycles. The van der Waals surface area contributed by atoms with Crippen molar-refractivity contribution in [1.82, 2.24) is 24.7 Å². The van der Waals surface area contributed by atoms with Crippen LogP contribution in [-0.2, 0) is 4.79 Å². The van der Waals surface area contributed by atoms with Crippen molar-refractivity contribution in [2.75, 3.05) is 7.05 Å². The number of benzene rings is 2. The maximum Gasteiger partial charge on any atom is 0.246 e. The first-order valence-electron chi connectivity index (χ1n) is 8.74. The van der Waals surface area contributed by atoms with Crippen molar-refractivity contribution in [2.45, 2.75) is 13.0 Å². The Bertz CT molecular complexity index is 1130. The highest BCUT2D eigenvalue weighted by Gasteiger charge is 2.15. The Kier molecular flexibility index (Phi) is 4.38. The van der Waals surface area contributed by atoms with E-state index in [2.05, 4.69) is 15.3 Å². The van der Waals surface area contributed by atoms with Gasteiger partial charge in [-0.05, 0) is 18.6 Å². The minimum atomic E-state index is -0.108. The molecular formula is C21H19N5O. The maximum absolute atomic E-state index is 12.6. The highest BCUT2D eigenvalue weighted by atomic mass is 16.2. The number of carbonyl (C=O) groups excluding carboxylic acids is 1. The third kappa shape index (κ3) is 3.17. The molecule has 2 aromatic carbocycles. The molecule has 4 rings (SSSR count). The fourth-order valence-electron chi connectivity index (χ4n) is 3.02. The van der Waals surface area contributed by atoms with Crippen molar-refractivity contribution < 1.29 is 4.79 Å². The molecule has 0 N–H and O–H groups in total. The monoisotopic (exact) mass is 357 g/mol. The molecule has 0 aliphatic carbocycles. The van der Waals surface area contributed by atoms with E-state index in [1.54, 1.807) is 28.7 Å². The number of amides is 1. The second kappa shape index (κ2) is 6.99. The molecule has 6 nitrogen and oxygen atoms in total. The van der Waals surface area contributed by atoms with Crippen LogP contribution in [-0.4, -0.2) is 37.7 Å². The van der Waals surface area contributed by atoms with Gasteiger partial charge in [-0.2, -0.15) is 9.61 Å². The standard InChI is InChI=1S/C21H19N5O/c1-15(16-8-4-3-5-9-16)25(2)20(27)13-12-19-23-24-21-18-11-7-6-10-17(18)14-22-26(19)21/h3-15H,1-2H3/b13-12+. The van der Waals surface area contributed by atoms with E-state index >= 15 is 0 Å². The zero-order valence-corrected chi connectivity index (χ0v) is 15.1. The van der Waals surface area contributed by atoms with Gasteiger partial charge in [0.15, 0.2) is 11.5 Å². The van der Waals surface area contributed by atoms with Gasteiger partial charge in [-0.25, -0.2) is 0 Å². The molecule has 0 bridgehead atoms. The third-order valence-corrected chi connectivity index (χ3v) is 4.76. The average Bonchev–Trinajstić information content (AvgIpc) is 3.15. The fourth-order valence-corrected chi connectivity index (χ4v) is 3.02. The summed E-state index contributed by atoms with van der Waals surface area (Å²) in [5, 5.41) is 14.8. The van der Waals surface area contributed by atoms with Gasteiger partial charge >= 0.3 is 0 Å². The van der Waals surface area contributed by atoms with Crippen LogP contribution in [0.15, 0.2) is 66.9 Å². The Hall–Kier alpha value is -3.54. The summed E-state index contributed by atoms with van der Waals surface area (Å²) in [4.78, 5) is 14.3. The van der Waals surface area contributed by atoms with E-state index in [4.69, 9.17) is 0 Å². The van der Waals surface area contributed by atoms with E-state index < -0.39 is 0 Å². The van der Waals surface area contributed by atoms with Crippen LogP contribution in [0.25, 0.3) is 22.5 Å². The molecule has 134 valence electrons. The van der Waals surface area contributed by atoms with Gasteiger partial charge in [0.1, 0.15) is 0 Å². The summed E-state index contributed by atoms with van der Waals surface area (Å²) in [5.74, 6) is 0.411. The Morgan fingerprint density at radius 1 is 1.07 bits per heavy atom. The van der Waals surface area contributed by atoms with Gasteiger partial charge in [0, 0.05) is 23.9 Å². The number of nitrogens with zero attached hydrogens (tertiary/aromatic N) is 5. The van der Waals surface area contributed by atoms with Crippen LogP contribution in [0.5, 0.6) is 0 Å². The molecule has 0 aliphatic rings. The predicted molar refractivity (Wildman–Crippen MR) is 105 cm³/mol. The molecule has 2 aromatic heterocycles. The van der Waals surface area contributed by atoms with E-state index in [-0.39, 0.29) is 11.9 Å². The van der Waals surface area contributed by atoms with Crippen LogP contribution in [0.1, 0.15) is 24.4 Å². The molecule has 0 fully saturated rings. The second-order valence-corrected chi connectivity index (χ2v) is 6.39. The summed E-state index contributed by atoms with van der Waals surface area (Å²) in [6, 6.07) is 17.8. The largest absolute Gasteiger partial charge is 0.335 e. The van der Waals surface area contributed by atoms with Gasteiger partial charge in [0.2, 0.25) is 5.91 Å². The predicted octanol–water partition coefficient (Wildman–Crippen LogP) is 3.51. The van der Waals surface area contributed by atoms with Gasteiger partial charge in [0.05, 0.1) is 12.2 Å². The molecule has 1 amide bonds. The smallest absolute Gasteiger partial charge is 0.246 e. The first-order valence-corrected chi connectivity index (χ1v) is 8.74. The van der Waals surface area contributed by atoms with Gasteiger partial charge in [-0.15, -0.1) is 10.2 Å². The molecule has 0 spiro atoms. The average molecular weight is 357 g/mol. The van der Waals surface area contributed by atoms with E-state index in [0.717, 1.165) is 16.3 Å². The summed E-state index contributed by atoms with van der Waals surface area (Å²) in [6.45, 7) is 2.00. The van der Waals surface area contributed by atoms with E-state index in [1.165, 1.54) is 6.08 Å². The zero-order valence-electron chi connectivity index (χ0n) is 15.1. The molecule has 2 heterocycles. The van der Waals surface area contributed by atoms with Crippen LogP contribution in [0.3, 0.4) is 0 Å². The van der Waals surface area contributed by atoms with E-state index in [0.29, 0.717) is 11.5 Å². The van der Waals surface area contributed by atoms with Gasteiger partial charge in [0.25, 0.3) is 0 Å². The zero-order chi connectivity index (χ0) is 18.8. The van der Waals surface area contributed by atoms with Crippen molar-refractivity contribution in [3.8, 4) is 0 Å². The van der Waals surface area contributed by atoms with Crippen molar-refractivity contribution in [3.05, 3.63) is 78.3 Å². The van der Waals surface area contributed by atoms with Crippen LogP contribution >= 0.6 is 0 Å². The topological polar surface area (TPSA) is 63.4 Å². The number of rotatable bonds is 4. The van der Waals surface area contributed by atoms with Crippen molar-refractivity contribution in [3.63, 3.8) is 0 Å². The van der Waals surface area contributed by atoms with Crippen LogP contribution < -0.4 is 0 Å². The van der Waals surface area contributed by atoms with Gasteiger partial charge in [-0.3, -0.25) is 4.79 Å². The second-order valence-electron chi connectivity index (χ2n) is 6.39. The molecule has 0 aliphatic heterocycles. The lowest BCUT2D eigenvalue weighted by Gasteiger charge is -2.24. The van der Waals surface area contributed by atoms with Crippen LogP contribution in [0.4, 0.5) is 0 Å². The molecule has 1 atom stereocenters. The number of hydrogen-bond donors (Lipinski definition) is 0. The normalized spacial score (nSPS) is 12.7. The molecule has 6 heteroatoms. The Labute approximate surface area is 156 Å². The molecule has 0 saturated carbocycles. The number of carbonyl (C=O) groups is 1. The van der Waals surface area contributed by atoms with E-state index in [9.17, 15) is 4.79 Å². The summed E-state index contributed by atoms with van der Waals surface area (Å²) in [7, 11) is 1.79. The highest BCUT2D eigenvalue weighted by molar-refractivity contribution is 5.94. The SMILES string of the molecule is CC(c1ccccc1)N(C)C(=O)/C=C/c1nnc2c3ccccc3cnn12. The van der Waals surface area contributed by atoms with Gasteiger partial charge < -0.3 is 4.90 Å². The molecule has 0 radical (unpaired) electrons. The number of hydrogen-bond acceptors (Lipinski definition) is 4. The minimum absolute atomic E-state index is 0.0273. The first kappa shape index (κ1) is 16.9. The van der Waals surface area contributed by atoms with Crippen molar-refractivity contribution >= 4 is 28.4 Å². The molecule has 1 unspecified atom stereocenters. The molecule has 27 heavy (non-hydrogen) atoms. The third-order valence-electron chi connectivity index (χ3n) is 4.76. The quantitative estimate of drug-likeness (QED) is 0.524. The van der Waals surface area contributed by atoms with E-state index in [1.807, 2.05) is 61.5 Å². The lowest BCUT2D eigenvalue weighted by molar-refractivity contribution is -0.126. The Morgan fingerprint density at radius 2 is 1.81 bits per heavy atom. The van der Waals surface area contributed by atoms with Crippen molar-refractivity contribution in [1.29, 1.82) is 0 Å². The lowest BCUT2D eigenvalue weighted by Crippen LogP contribution is -2.27. The van der Waals surface area contributed by atoms with Gasteiger partial charge in [-0.1, -0.05) is 54.6 Å². The first-order chi connectivity index (χ1) is 13.1. The van der Waals surface area contributed by atoms with Crippen LogP contribution in [0.2, 0.25) is 0 Å². The molecule has 4 aromatic rings. The maximum atomic E-state index is 12.6. The fraction of sp³-hybridized carbons (Fsp3) is 0.143. The molecular weight excluding hydrogens is 338 g/mol. The highest BCUT2D eigenvalue weighted by Crippen LogP contribution is 2.19. The number of fused-ring (bicyclic) bond motifs is 3. The summed E-state index contributed by atoms with van der Waals surface area (Å²) < 4.78 is 1.65. The Morgan fingerprint density at radius 3 is 2.63 bits per heavy atom. The summed E-state index contributed by atoms with van der Waals surface area (Å²) >= 11 is 0.